The molecule has 0 radical (unpaired) electrons. The summed E-state index contributed by atoms with van der Waals surface area (Å²) in [5.74, 6) is 0.755. The first-order chi connectivity index (χ1) is 16.8. The average molecular weight is 490 g/mol. The number of methoxy groups -OCH3 is 1. The maximum absolute atomic E-state index is 13.9. The standard InChI is InChI=1S/C28H24ClNO5/c1-5-34-19-8-6-7-17(13-19)25-24-26(31)20-11-15(2)16(3)12-23(20)35-27(24)28(32)30(25)18-9-10-22(33-4)21(29)14-18/h6-14,25H,5H2,1-4H3. The Morgan fingerprint density at radius 3 is 2.51 bits per heavy atom. The van der Waals surface area contributed by atoms with E-state index in [9.17, 15) is 9.59 Å². The van der Waals surface area contributed by atoms with Crippen molar-refractivity contribution in [2.45, 2.75) is 26.8 Å². The molecule has 0 saturated heterocycles. The molecule has 2 heterocycles. The second-order valence-electron chi connectivity index (χ2n) is 8.51. The first-order valence-corrected chi connectivity index (χ1v) is 11.7. The molecule has 1 atom stereocenters. The van der Waals surface area contributed by atoms with Crippen molar-refractivity contribution >= 4 is 34.2 Å². The van der Waals surface area contributed by atoms with E-state index >= 15 is 0 Å². The van der Waals surface area contributed by atoms with Gasteiger partial charge in [-0.15, -0.1) is 0 Å². The van der Waals surface area contributed by atoms with E-state index in [0.29, 0.717) is 45.3 Å². The molecule has 0 bridgehead atoms. The minimum absolute atomic E-state index is 0.0320. The van der Waals surface area contributed by atoms with E-state index in [-0.39, 0.29) is 11.2 Å². The third-order valence-electron chi connectivity index (χ3n) is 6.38. The molecule has 35 heavy (non-hydrogen) atoms. The summed E-state index contributed by atoms with van der Waals surface area (Å²) < 4.78 is 17.1. The first-order valence-electron chi connectivity index (χ1n) is 11.3. The lowest BCUT2D eigenvalue weighted by atomic mass is 9.97. The van der Waals surface area contributed by atoms with Gasteiger partial charge in [0.15, 0.2) is 5.43 Å². The molecule has 0 spiro atoms. The zero-order valence-electron chi connectivity index (χ0n) is 19.8. The molecule has 1 unspecified atom stereocenters. The Balaban J connectivity index is 1.79. The molecular weight excluding hydrogens is 466 g/mol. The van der Waals surface area contributed by atoms with Crippen LogP contribution in [0.3, 0.4) is 0 Å². The molecule has 178 valence electrons. The van der Waals surface area contributed by atoms with Crippen molar-refractivity contribution in [2.75, 3.05) is 18.6 Å². The van der Waals surface area contributed by atoms with Crippen LogP contribution >= 0.6 is 11.6 Å². The van der Waals surface area contributed by atoms with Crippen molar-refractivity contribution in [3.8, 4) is 11.5 Å². The Morgan fingerprint density at radius 2 is 1.80 bits per heavy atom. The molecular formula is C28H24ClNO5. The van der Waals surface area contributed by atoms with Crippen molar-refractivity contribution in [1.82, 2.24) is 0 Å². The topological polar surface area (TPSA) is 69.0 Å². The summed E-state index contributed by atoms with van der Waals surface area (Å²) in [5, 5.41) is 0.798. The molecule has 1 aliphatic heterocycles. The van der Waals surface area contributed by atoms with E-state index in [1.54, 1.807) is 29.2 Å². The van der Waals surface area contributed by atoms with Crippen molar-refractivity contribution in [3.05, 3.63) is 97.9 Å². The number of ether oxygens (including phenoxy) is 2. The lowest BCUT2D eigenvalue weighted by Crippen LogP contribution is -2.29. The predicted molar refractivity (Wildman–Crippen MR) is 136 cm³/mol. The number of carbonyl (C=O) groups is 1. The Labute approximate surface area is 207 Å². The van der Waals surface area contributed by atoms with Crippen LogP contribution in [0.25, 0.3) is 11.0 Å². The summed E-state index contributed by atoms with van der Waals surface area (Å²) in [6.07, 6.45) is 0. The molecule has 0 fully saturated rings. The molecule has 1 amide bonds. The van der Waals surface area contributed by atoms with Gasteiger partial charge in [-0.3, -0.25) is 14.5 Å². The fourth-order valence-electron chi connectivity index (χ4n) is 4.56. The van der Waals surface area contributed by atoms with Gasteiger partial charge in [-0.2, -0.15) is 0 Å². The number of amides is 1. The molecule has 7 heteroatoms. The number of hydrogen-bond acceptors (Lipinski definition) is 5. The van der Waals surface area contributed by atoms with Crippen LogP contribution in [0.4, 0.5) is 5.69 Å². The monoisotopic (exact) mass is 489 g/mol. The smallest absolute Gasteiger partial charge is 0.295 e. The van der Waals surface area contributed by atoms with E-state index < -0.39 is 11.9 Å². The van der Waals surface area contributed by atoms with Crippen LogP contribution in [-0.2, 0) is 0 Å². The highest BCUT2D eigenvalue weighted by molar-refractivity contribution is 6.32. The fourth-order valence-corrected chi connectivity index (χ4v) is 4.81. The summed E-state index contributed by atoms with van der Waals surface area (Å²) in [6.45, 7) is 6.28. The summed E-state index contributed by atoms with van der Waals surface area (Å²) in [5.41, 5.74) is 3.66. The van der Waals surface area contributed by atoms with Gasteiger partial charge in [0.2, 0.25) is 5.76 Å². The number of benzene rings is 3. The van der Waals surface area contributed by atoms with E-state index in [1.807, 2.05) is 51.1 Å². The lowest BCUT2D eigenvalue weighted by molar-refractivity contribution is 0.0971. The molecule has 4 aromatic rings. The van der Waals surface area contributed by atoms with Crippen LogP contribution in [0.1, 0.15) is 45.8 Å². The Hall–Kier alpha value is -3.77. The van der Waals surface area contributed by atoms with Crippen LogP contribution in [0.15, 0.2) is 63.8 Å². The summed E-state index contributed by atoms with van der Waals surface area (Å²) in [4.78, 5) is 29.2. The number of halogens is 1. The average Bonchev–Trinajstić information content (AvgIpc) is 3.13. The third-order valence-corrected chi connectivity index (χ3v) is 6.68. The first kappa shape index (κ1) is 23.0. The van der Waals surface area contributed by atoms with Crippen molar-refractivity contribution in [2.24, 2.45) is 0 Å². The van der Waals surface area contributed by atoms with Gasteiger partial charge in [-0.25, -0.2) is 0 Å². The highest BCUT2D eigenvalue weighted by Gasteiger charge is 2.44. The number of aryl methyl sites for hydroxylation is 2. The number of carbonyl (C=O) groups excluding carboxylic acids is 1. The van der Waals surface area contributed by atoms with Gasteiger partial charge in [0.05, 0.1) is 35.7 Å². The maximum Gasteiger partial charge on any atom is 0.295 e. The van der Waals surface area contributed by atoms with Crippen LogP contribution < -0.4 is 19.8 Å². The summed E-state index contributed by atoms with van der Waals surface area (Å²) in [7, 11) is 1.53. The molecule has 1 aromatic heterocycles. The molecule has 3 aromatic carbocycles. The van der Waals surface area contributed by atoms with E-state index in [0.717, 1.165) is 16.7 Å². The maximum atomic E-state index is 13.9. The van der Waals surface area contributed by atoms with Crippen molar-refractivity contribution in [3.63, 3.8) is 0 Å². The highest BCUT2D eigenvalue weighted by Crippen LogP contribution is 2.43. The quantitative estimate of drug-likeness (QED) is 0.333. The molecule has 1 aliphatic rings. The number of anilines is 1. The number of rotatable bonds is 5. The molecule has 0 N–H and O–H groups in total. The van der Waals surface area contributed by atoms with Crippen LogP contribution in [0, 0.1) is 13.8 Å². The van der Waals surface area contributed by atoms with E-state index in [2.05, 4.69) is 0 Å². The minimum Gasteiger partial charge on any atom is -0.495 e. The normalized spacial score (nSPS) is 14.9. The molecule has 0 saturated carbocycles. The van der Waals surface area contributed by atoms with Crippen molar-refractivity contribution < 1.29 is 18.7 Å². The third kappa shape index (κ3) is 3.74. The molecule has 5 rings (SSSR count). The van der Waals surface area contributed by atoms with Gasteiger partial charge in [0.1, 0.15) is 17.1 Å². The van der Waals surface area contributed by atoms with Gasteiger partial charge in [-0.05, 0) is 79.9 Å². The second kappa shape index (κ2) is 8.78. The number of hydrogen-bond donors (Lipinski definition) is 0. The summed E-state index contributed by atoms with van der Waals surface area (Å²) >= 11 is 6.41. The van der Waals surface area contributed by atoms with E-state index in [4.69, 9.17) is 25.5 Å². The molecule has 6 nitrogen and oxygen atoms in total. The number of nitrogens with zero attached hydrogens (tertiary/aromatic N) is 1. The van der Waals surface area contributed by atoms with Gasteiger partial charge >= 0.3 is 0 Å². The van der Waals surface area contributed by atoms with Crippen LogP contribution in [-0.4, -0.2) is 19.6 Å². The van der Waals surface area contributed by atoms with Crippen LogP contribution in [0.2, 0.25) is 5.02 Å². The number of fused-ring (bicyclic) bond motifs is 2. The van der Waals surface area contributed by atoms with Gasteiger partial charge in [-0.1, -0.05) is 23.7 Å². The highest BCUT2D eigenvalue weighted by atomic mass is 35.5. The zero-order valence-corrected chi connectivity index (χ0v) is 20.6. The van der Waals surface area contributed by atoms with E-state index in [1.165, 1.54) is 7.11 Å². The minimum atomic E-state index is -0.718. The van der Waals surface area contributed by atoms with Crippen LogP contribution in [0.5, 0.6) is 11.5 Å². The van der Waals surface area contributed by atoms with Gasteiger partial charge in [0, 0.05) is 5.69 Å². The fraction of sp³-hybridized carbons (Fsp3) is 0.214. The summed E-state index contributed by atoms with van der Waals surface area (Å²) in [6, 6.07) is 15.4. The largest absolute Gasteiger partial charge is 0.495 e. The predicted octanol–water partition coefficient (Wildman–Crippen LogP) is 6.22. The SMILES string of the molecule is CCOc1cccc(C2c3c(oc4cc(C)c(C)cc4c3=O)C(=O)N2c2ccc(OC)c(Cl)c2)c1. The van der Waals surface area contributed by atoms with Gasteiger partial charge < -0.3 is 13.9 Å². The lowest BCUT2D eigenvalue weighted by Gasteiger charge is -2.26. The second-order valence-corrected chi connectivity index (χ2v) is 8.92. The zero-order chi connectivity index (χ0) is 24.9. The van der Waals surface area contributed by atoms with Crippen molar-refractivity contribution in [1.29, 1.82) is 0 Å². The molecule has 0 aliphatic carbocycles. The Kier molecular flexibility index (Phi) is 5.77. The Morgan fingerprint density at radius 1 is 1.03 bits per heavy atom. The Bertz CT molecular complexity index is 1540. The van der Waals surface area contributed by atoms with Gasteiger partial charge in [0.25, 0.3) is 5.91 Å².